The van der Waals surface area contributed by atoms with Crippen molar-refractivity contribution in [3.63, 3.8) is 0 Å². The molecule has 0 bridgehead atoms. The highest BCUT2D eigenvalue weighted by molar-refractivity contribution is 8.00. The number of hydrogen-bond donors (Lipinski definition) is 1. The maximum Gasteiger partial charge on any atom is 0.123 e. The number of quaternary nitrogens is 1. The maximum absolute atomic E-state index is 2.35. The second kappa shape index (κ2) is 5.42. The molecular weight excluding hydrogens is 190 g/mol. The SMILES string of the molecule is CC(C)(C)SC[NH2+]Cc1ccccc1. The molecule has 78 valence electrons. The molecule has 2 N–H and O–H groups in total. The fourth-order valence-corrected chi connectivity index (χ4v) is 1.88. The van der Waals surface area contributed by atoms with Gasteiger partial charge < -0.3 is 5.32 Å². The smallest absolute Gasteiger partial charge is 0.123 e. The van der Waals surface area contributed by atoms with E-state index in [9.17, 15) is 0 Å². The molecule has 0 saturated carbocycles. The van der Waals surface area contributed by atoms with Crippen LogP contribution in [-0.2, 0) is 6.54 Å². The zero-order valence-electron chi connectivity index (χ0n) is 9.29. The van der Waals surface area contributed by atoms with Crippen LogP contribution in [0.1, 0.15) is 26.3 Å². The van der Waals surface area contributed by atoms with Crippen molar-refractivity contribution in [2.75, 3.05) is 5.88 Å². The van der Waals surface area contributed by atoms with Crippen LogP contribution in [0, 0.1) is 0 Å². The third-order valence-corrected chi connectivity index (χ3v) is 3.13. The van der Waals surface area contributed by atoms with Crippen molar-refractivity contribution in [2.24, 2.45) is 0 Å². The second-order valence-electron chi connectivity index (χ2n) is 4.40. The van der Waals surface area contributed by atoms with Crippen molar-refractivity contribution in [2.45, 2.75) is 32.1 Å². The van der Waals surface area contributed by atoms with Gasteiger partial charge in [-0.3, -0.25) is 0 Å². The van der Waals surface area contributed by atoms with Gasteiger partial charge in [0.05, 0.1) is 0 Å². The van der Waals surface area contributed by atoms with Gasteiger partial charge in [-0.05, 0) is 0 Å². The molecule has 0 aliphatic heterocycles. The standard InChI is InChI=1S/C12H19NS/c1-12(2,3)14-10-13-9-11-7-5-4-6-8-11/h4-8,13H,9-10H2,1-3H3/p+1. The first kappa shape index (κ1) is 11.6. The van der Waals surface area contributed by atoms with E-state index >= 15 is 0 Å². The number of benzene rings is 1. The van der Waals surface area contributed by atoms with Crippen LogP contribution in [0.3, 0.4) is 0 Å². The topological polar surface area (TPSA) is 16.6 Å². The molecule has 0 amide bonds. The van der Waals surface area contributed by atoms with Gasteiger partial charge in [0.2, 0.25) is 0 Å². The minimum absolute atomic E-state index is 0.382. The molecule has 1 aromatic carbocycles. The van der Waals surface area contributed by atoms with E-state index in [1.54, 1.807) is 0 Å². The fourth-order valence-electron chi connectivity index (χ4n) is 1.15. The van der Waals surface area contributed by atoms with Crippen molar-refractivity contribution in [1.82, 2.24) is 0 Å². The molecule has 0 heterocycles. The lowest BCUT2D eigenvalue weighted by Gasteiger charge is -2.15. The molecule has 0 unspecified atom stereocenters. The Morgan fingerprint density at radius 2 is 1.79 bits per heavy atom. The maximum atomic E-state index is 2.35. The lowest BCUT2D eigenvalue weighted by atomic mass is 10.2. The summed E-state index contributed by atoms with van der Waals surface area (Å²) in [6, 6.07) is 10.6. The summed E-state index contributed by atoms with van der Waals surface area (Å²) in [6.45, 7) is 7.86. The predicted octanol–water partition coefficient (Wildman–Crippen LogP) is 2.24. The normalized spacial score (nSPS) is 11.6. The van der Waals surface area contributed by atoms with Crippen molar-refractivity contribution >= 4 is 11.8 Å². The average Bonchev–Trinajstić information content (AvgIpc) is 2.13. The zero-order chi connectivity index (χ0) is 10.4. The summed E-state index contributed by atoms with van der Waals surface area (Å²) in [4.78, 5) is 0. The molecule has 0 saturated heterocycles. The fraction of sp³-hybridized carbons (Fsp3) is 0.500. The van der Waals surface area contributed by atoms with E-state index in [1.807, 2.05) is 11.8 Å². The second-order valence-corrected chi connectivity index (χ2v) is 6.25. The van der Waals surface area contributed by atoms with Crippen molar-refractivity contribution in [1.29, 1.82) is 0 Å². The molecule has 0 atom stereocenters. The van der Waals surface area contributed by atoms with E-state index in [1.165, 1.54) is 5.56 Å². The first-order valence-electron chi connectivity index (χ1n) is 5.07. The number of nitrogens with two attached hydrogens (primary N) is 1. The van der Waals surface area contributed by atoms with Crippen LogP contribution < -0.4 is 5.32 Å². The van der Waals surface area contributed by atoms with Crippen LogP contribution in [0.5, 0.6) is 0 Å². The van der Waals surface area contributed by atoms with Crippen LogP contribution in [0.15, 0.2) is 30.3 Å². The first-order chi connectivity index (χ1) is 6.58. The van der Waals surface area contributed by atoms with Gasteiger partial charge in [-0.1, -0.05) is 62.9 Å². The highest BCUT2D eigenvalue weighted by Gasteiger charge is 2.10. The minimum Gasteiger partial charge on any atom is -0.334 e. The van der Waals surface area contributed by atoms with E-state index in [-0.39, 0.29) is 0 Å². The molecule has 1 nitrogen and oxygen atoms in total. The Kier molecular flexibility index (Phi) is 4.49. The third kappa shape index (κ3) is 5.30. The summed E-state index contributed by atoms with van der Waals surface area (Å²) in [5.74, 6) is 1.14. The molecule has 0 fully saturated rings. The summed E-state index contributed by atoms with van der Waals surface area (Å²) >= 11 is 2.00. The molecule has 0 aliphatic rings. The van der Waals surface area contributed by atoms with Gasteiger partial charge >= 0.3 is 0 Å². The zero-order valence-corrected chi connectivity index (χ0v) is 10.1. The van der Waals surface area contributed by atoms with Gasteiger partial charge in [-0.2, -0.15) is 0 Å². The number of hydrogen-bond acceptors (Lipinski definition) is 1. The van der Waals surface area contributed by atoms with Crippen LogP contribution in [0.4, 0.5) is 0 Å². The summed E-state index contributed by atoms with van der Waals surface area (Å²) in [5.41, 5.74) is 1.40. The Labute approximate surface area is 91.3 Å². The lowest BCUT2D eigenvalue weighted by Crippen LogP contribution is -2.82. The summed E-state index contributed by atoms with van der Waals surface area (Å²) < 4.78 is 0.382. The minimum atomic E-state index is 0.382. The Morgan fingerprint density at radius 1 is 1.14 bits per heavy atom. The van der Waals surface area contributed by atoms with E-state index in [2.05, 4.69) is 56.4 Å². The van der Waals surface area contributed by atoms with E-state index < -0.39 is 0 Å². The van der Waals surface area contributed by atoms with Crippen LogP contribution in [-0.4, -0.2) is 10.6 Å². The van der Waals surface area contributed by atoms with E-state index in [0.717, 1.165) is 12.4 Å². The van der Waals surface area contributed by atoms with Crippen LogP contribution in [0.2, 0.25) is 0 Å². The molecule has 14 heavy (non-hydrogen) atoms. The van der Waals surface area contributed by atoms with E-state index in [0.29, 0.717) is 4.75 Å². The van der Waals surface area contributed by atoms with Crippen molar-refractivity contribution in [3.05, 3.63) is 35.9 Å². The summed E-state index contributed by atoms with van der Waals surface area (Å²) in [6.07, 6.45) is 0. The molecule has 2 heteroatoms. The Bertz CT molecular complexity index is 251. The van der Waals surface area contributed by atoms with Crippen molar-refractivity contribution in [3.8, 4) is 0 Å². The van der Waals surface area contributed by atoms with Crippen molar-refractivity contribution < 1.29 is 5.32 Å². The molecule has 1 rings (SSSR count). The quantitative estimate of drug-likeness (QED) is 0.595. The summed E-state index contributed by atoms with van der Waals surface area (Å²) in [5, 5.41) is 2.35. The Balaban J connectivity index is 2.17. The first-order valence-corrected chi connectivity index (χ1v) is 6.06. The van der Waals surface area contributed by atoms with Crippen LogP contribution in [0.25, 0.3) is 0 Å². The monoisotopic (exact) mass is 210 g/mol. The molecule has 0 aliphatic carbocycles. The highest BCUT2D eigenvalue weighted by Crippen LogP contribution is 2.20. The molecule has 0 aromatic heterocycles. The number of rotatable bonds is 4. The van der Waals surface area contributed by atoms with Gasteiger partial charge in [0.15, 0.2) is 0 Å². The predicted molar refractivity (Wildman–Crippen MR) is 64.3 cm³/mol. The highest BCUT2D eigenvalue weighted by atomic mass is 32.2. The van der Waals surface area contributed by atoms with Gasteiger partial charge in [-0.25, -0.2) is 0 Å². The molecule has 0 spiro atoms. The largest absolute Gasteiger partial charge is 0.334 e. The number of thioether (sulfide) groups is 1. The van der Waals surface area contributed by atoms with E-state index in [4.69, 9.17) is 0 Å². The Morgan fingerprint density at radius 3 is 2.36 bits per heavy atom. The molecule has 1 aromatic rings. The lowest BCUT2D eigenvalue weighted by molar-refractivity contribution is -0.652. The average molecular weight is 210 g/mol. The molecule has 0 radical (unpaired) electrons. The van der Waals surface area contributed by atoms with Crippen LogP contribution >= 0.6 is 11.8 Å². The Hall–Kier alpha value is -0.470. The molecular formula is C12H20NS+. The van der Waals surface area contributed by atoms with Gasteiger partial charge in [0.1, 0.15) is 12.4 Å². The summed E-state index contributed by atoms with van der Waals surface area (Å²) in [7, 11) is 0. The van der Waals surface area contributed by atoms with Gasteiger partial charge in [0.25, 0.3) is 0 Å². The third-order valence-electron chi connectivity index (χ3n) is 1.86. The van der Waals surface area contributed by atoms with Gasteiger partial charge in [-0.15, -0.1) is 0 Å². The van der Waals surface area contributed by atoms with Gasteiger partial charge in [0, 0.05) is 10.3 Å².